The third-order valence-electron chi connectivity index (χ3n) is 5.48. The summed E-state index contributed by atoms with van der Waals surface area (Å²) in [6, 6.07) is 9.18. The fourth-order valence-corrected chi connectivity index (χ4v) is 4.24. The minimum Gasteiger partial charge on any atom is -0.231 e. The van der Waals surface area contributed by atoms with Crippen molar-refractivity contribution in [1.82, 2.24) is 4.57 Å². The van der Waals surface area contributed by atoms with E-state index in [0.717, 1.165) is 11.8 Å². The van der Waals surface area contributed by atoms with E-state index in [-0.39, 0.29) is 0 Å². The van der Waals surface area contributed by atoms with Gasteiger partial charge in [0, 0.05) is 18.4 Å². The third-order valence-corrected chi connectivity index (χ3v) is 5.48. The van der Waals surface area contributed by atoms with Crippen molar-refractivity contribution in [3.63, 3.8) is 0 Å². The van der Waals surface area contributed by atoms with Crippen molar-refractivity contribution in [2.45, 2.75) is 60.4 Å². The molecule has 118 valence electrons. The van der Waals surface area contributed by atoms with Crippen molar-refractivity contribution in [2.24, 2.45) is 11.8 Å². The molecule has 0 aromatic carbocycles. The van der Waals surface area contributed by atoms with Gasteiger partial charge in [0.05, 0.1) is 6.54 Å². The maximum absolute atomic E-state index is 2.57. The maximum Gasteiger partial charge on any atom is 0.286 e. The highest BCUT2D eigenvalue weighted by atomic mass is 15.2. The van der Waals surface area contributed by atoms with E-state index < -0.39 is 0 Å². The molecule has 0 bridgehead atoms. The second-order valence-electron chi connectivity index (χ2n) is 6.99. The first-order chi connectivity index (χ1) is 10.5. The summed E-state index contributed by atoms with van der Waals surface area (Å²) in [6.45, 7) is 12.5. The standard InChI is InChI=1S/C20H29N2/c1-6-17(7-2)18-12-19-10-14(3)11-20(21(19)13-18)22-15(4)8-9-16(22)5/h8-11,17-18H,6-7,12-13H2,1-5H3/q+1. The Kier molecular flexibility index (Phi) is 4.12. The molecule has 0 aliphatic carbocycles. The molecule has 22 heavy (non-hydrogen) atoms. The van der Waals surface area contributed by atoms with Gasteiger partial charge in [0.2, 0.25) is 0 Å². The zero-order valence-electron chi connectivity index (χ0n) is 14.7. The van der Waals surface area contributed by atoms with E-state index in [9.17, 15) is 0 Å². The first-order valence-electron chi connectivity index (χ1n) is 8.73. The molecule has 3 heterocycles. The lowest BCUT2D eigenvalue weighted by molar-refractivity contribution is -0.689. The van der Waals surface area contributed by atoms with Gasteiger partial charge < -0.3 is 0 Å². The molecule has 1 unspecified atom stereocenters. The Bertz CT molecular complexity index is 658. The normalized spacial score (nSPS) is 17.3. The van der Waals surface area contributed by atoms with Crippen molar-refractivity contribution in [3.8, 4) is 5.82 Å². The molecule has 1 aliphatic rings. The van der Waals surface area contributed by atoms with Gasteiger partial charge in [0.15, 0.2) is 0 Å². The van der Waals surface area contributed by atoms with Crippen molar-refractivity contribution in [2.75, 3.05) is 0 Å². The van der Waals surface area contributed by atoms with E-state index in [4.69, 9.17) is 0 Å². The van der Waals surface area contributed by atoms with Gasteiger partial charge in [-0.2, -0.15) is 0 Å². The molecule has 1 atom stereocenters. The Labute approximate surface area is 134 Å². The van der Waals surface area contributed by atoms with Crippen molar-refractivity contribution in [3.05, 3.63) is 46.9 Å². The number of hydrogen-bond donors (Lipinski definition) is 0. The second kappa shape index (κ2) is 5.91. The Morgan fingerprint density at radius 3 is 2.32 bits per heavy atom. The molecule has 2 heteroatoms. The van der Waals surface area contributed by atoms with Gasteiger partial charge in [-0.1, -0.05) is 26.7 Å². The first kappa shape index (κ1) is 15.3. The summed E-state index contributed by atoms with van der Waals surface area (Å²) in [5.74, 6) is 3.00. The number of rotatable bonds is 4. The summed E-state index contributed by atoms with van der Waals surface area (Å²) in [4.78, 5) is 0. The number of aromatic nitrogens is 2. The molecular weight excluding hydrogens is 268 g/mol. The highest BCUT2D eigenvalue weighted by molar-refractivity contribution is 5.32. The fourth-order valence-electron chi connectivity index (χ4n) is 4.24. The zero-order valence-corrected chi connectivity index (χ0v) is 14.7. The summed E-state index contributed by atoms with van der Waals surface area (Å²) >= 11 is 0. The predicted octanol–water partition coefficient (Wildman–Crippen LogP) is 4.30. The van der Waals surface area contributed by atoms with Crippen LogP contribution in [0, 0.1) is 32.6 Å². The monoisotopic (exact) mass is 297 g/mol. The van der Waals surface area contributed by atoms with E-state index in [2.05, 4.69) is 68.0 Å². The summed E-state index contributed by atoms with van der Waals surface area (Å²) in [6.07, 6.45) is 3.83. The Hall–Kier alpha value is -1.57. The first-order valence-corrected chi connectivity index (χ1v) is 8.73. The Morgan fingerprint density at radius 2 is 1.73 bits per heavy atom. The summed E-state index contributed by atoms with van der Waals surface area (Å²) in [5.41, 5.74) is 5.53. The lowest BCUT2D eigenvalue weighted by atomic mass is 9.86. The van der Waals surface area contributed by atoms with Gasteiger partial charge in [0.25, 0.3) is 5.82 Å². The minimum atomic E-state index is 0.798. The number of nitrogens with zero attached hydrogens (tertiary/aromatic N) is 2. The SMILES string of the molecule is CCC(CC)C1Cc2cc(C)cc(-n3c(C)ccc3C)[n+]2C1. The van der Waals surface area contributed by atoms with Gasteiger partial charge in [0.1, 0.15) is 17.1 Å². The minimum absolute atomic E-state index is 0.798. The Balaban J connectivity index is 2.07. The summed E-state index contributed by atoms with van der Waals surface area (Å²) in [7, 11) is 0. The molecule has 0 amide bonds. The average molecular weight is 297 g/mol. The van der Waals surface area contributed by atoms with Crippen molar-refractivity contribution >= 4 is 0 Å². The highest BCUT2D eigenvalue weighted by Crippen LogP contribution is 2.29. The summed E-state index contributed by atoms with van der Waals surface area (Å²) < 4.78 is 4.97. The van der Waals surface area contributed by atoms with Crippen LogP contribution < -0.4 is 4.57 Å². The van der Waals surface area contributed by atoms with Gasteiger partial charge in [-0.3, -0.25) is 0 Å². The molecule has 1 aliphatic heterocycles. The van der Waals surface area contributed by atoms with Gasteiger partial charge in [-0.25, -0.2) is 9.13 Å². The van der Waals surface area contributed by atoms with E-state index in [1.54, 1.807) is 0 Å². The number of aryl methyl sites for hydroxylation is 3. The largest absolute Gasteiger partial charge is 0.286 e. The number of hydrogen-bond acceptors (Lipinski definition) is 0. The topological polar surface area (TPSA) is 8.81 Å². The van der Waals surface area contributed by atoms with E-state index in [1.165, 1.54) is 54.3 Å². The maximum atomic E-state index is 2.57. The van der Waals surface area contributed by atoms with Gasteiger partial charge in [-0.05, 0) is 50.5 Å². The van der Waals surface area contributed by atoms with E-state index in [1.807, 2.05) is 0 Å². The van der Waals surface area contributed by atoms with Crippen LogP contribution in [0.1, 0.15) is 49.3 Å². The van der Waals surface area contributed by atoms with Gasteiger partial charge >= 0.3 is 0 Å². The number of fused-ring (bicyclic) bond motifs is 1. The smallest absolute Gasteiger partial charge is 0.231 e. The quantitative estimate of drug-likeness (QED) is 0.744. The molecule has 0 saturated heterocycles. The Morgan fingerprint density at radius 1 is 1.09 bits per heavy atom. The second-order valence-corrected chi connectivity index (χ2v) is 6.99. The van der Waals surface area contributed by atoms with Crippen LogP contribution in [0.5, 0.6) is 0 Å². The molecule has 0 fully saturated rings. The molecule has 0 saturated carbocycles. The highest BCUT2D eigenvalue weighted by Gasteiger charge is 2.33. The van der Waals surface area contributed by atoms with Crippen LogP contribution in [0.15, 0.2) is 24.3 Å². The summed E-state index contributed by atoms with van der Waals surface area (Å²) in [5, 5.41) is 0. The van der Waals surface area contributed by atoms with Crippen LogP contribution in [0.25, 0.3) is 5.82 Å². The molecule has 0 radical (unpaired) electrons. The van der Waals surface area contributed by atoms with E-state index in [0.29, 0.717) is 0 Å². The molecule has 2 aromatic heterocycles. The van der Waals surface area contributed by atoms with Crippen LogP contribution in [-0.4, -0.2) is 4.57 Å². The van der Waals surface area contributed by atoms with Crippen LogP contribution in [0.2, 0.25) is 0 Å². The van der Waals surface area contributed by atoms with Gasteiger partial charge in [-0.15, -0.1) is 0 Å². The molecular formula is C20H29N2+. The van der Waals surface area contributed by atoms with Crippen LogP contribution in [0.4, 0.5) is 0 Å². The van der Waals surface area contributed by atoms with Crippen molar-refractivity contribution < 1.29 is 4.57 Å². The zero-order chi connectivity index (χ0) is 15.9. The van der Waals surface area contributed by atoms with Crippen LogP contribution in [0.3, 0.4) is 0 Å². The van der Waals surface area contributed by atoms with Crippen LogP contribution >= 0.6 is 0 Å². The lowest BCUT2D eigenvalue weighted by Crippen LogP contribution is -2.40. The average Bonchev–Trinajstić information content (AvgIpc) is 3.03. The fraction of sp³-hybridized carbons (Fsp3) is 0.550. The number of pyridine rings is 1. The molecule has 3 rings (SSSR count). The molecule has 0 spiro atoms. The van der Waals surface area contributed by atoms with E-state index >= 15 is 0 Å². The lowest BCUT2D eigenvalue weighted by Gasteiger charge is -2.17. The van der Waals surface area contributed by atoms with Crippen LogP contribution in [-0.2, 0) is 13.0 Å². The molecule has 0 N–H and O–H groups in total. The molecule has 2 nitrogen and oxygen atoms in total. The predicted molar refractivity (Wildman–Crippen MR) is 91.4 cm³/mol. The third kappa shape index (κ3) is 2.49. The molecule has 2 aromatic rings. The van der Waals surface area contributed by atoms with Crippen molar-refractivity contribution in [1.29, 1.82) is 0 Å².